The van der Waals surface area contributed by atoms with Crippen LogP contribution in [0.15, 0.2) is 34.2 Å². The van der Waals surface area contributed by atoms with E-state index in [0.29, 0.717) is 17.1 Å². The van der Waals surface area contributed by atoms with Gasteiger partial charge < -0.3 is 9.80 Å². The average molecular weight is 279 g/mol. The Labute approximate surface area is 113 Å². The van der Waals surface area contributed by atoms with E-state index in [0.717, 1.165) is 26.1 Å². The number of rotatable bonds is 0. The van der Waals surface area contributed by atoms with E-state index in [2.05, 4.69) is 16.9 Å². The molecule has 0 unspecified atom stereocenters. The van der Waals surface area contributed by atoms with Crippen LogP contribution >= 0.6 is 0 Å². The Morgan fingerprint density at radius 2 is 1.89 bits per heavy atom. The van der Waals surface area contributed by atoms with Crippen LogP contribution in [0.5, 0.6) is 0 Å². The molecule has 3 rings (SSSR count). The summed E-state index contributed by atoms with van der Waals surface area (Å²) in [6.45, 7) is 3.32. The molecule has 2 aliphatic rings. The predicted octanol–water partition coefficient (Wildman–Crippen LogP) is 1.10. The van der Waals surface area contributed by atoms with Gasteiger partial charge in [-0.25, -0.2) is 13.4 Å². The summed E-state index contributed by atoms with van der Waals surface area (Å²) in [6.07, 6.45) is 0.960. The van der Waals surface area contributed by atoms with E-state index < -0.39 is 9.84 Å². The van der Waals surface area contributed by atoms with Gasteiger partial charge in [0.15, 0.2) is 0 Å². The first kappa shape index (κ1) is 12.6. The maximum atomic E-state index is 12.5. The molecule has 1 aromatic carbocycles. The molecule has 0 atom stereocenters. The summed E-state index contributed by atoms with van der Waals surface area (Å²) in [7, 11) is -1.36. The molecule has 0 spiro atoms. The van der Waals surface area contributed by atoms with Crippen molar-refractivity contribution < 1.29 is 8.42 Å². The topological polar surface area (TPSA) is 53.0 Å². The fourth-order valence-electron chi connectivity index (χ4n) is 2.52. The maximum Gasteiger partial charge on any atom is 0.241 e. The largest absolute Gasteiger partial charge is 0.345 e. The lowest BCUT2D eigenvalue weighted by Crippen LogP contribution is -2.37. The van der Waals surface area contributed by atoms with Gasteiger partial charge >= 0.3 is 0 Å². The minimum Gasteiger partial charge on any atom is -0.345 e. The van der Waals surface area contributed by atoms with E-state index in [1.807, 2.05) is 11.0 Å². The first-order valence-electron chi connectivity index (χ1n) is 6.45. The summed E-state index contributed by atoms with van der Waals surface area (Å²) < 4.78 is 25.0. The number of para-hydroxylation sites is 1. The van der Waals surface area contributed by atoms with Crippen molar-refractivity contribution in [1.82, 2.24) is 9.80 Å². The molecule has 102 valence electrons. The quantitative estimate of drug-likeness (QED) is 0.713. The molecule has 0 aromatic heterocycles. The van der Waals surface area contributed by atoms with Gasteiger partial charge in [-0.1, -0.05) is 12.1 Å². The molecule has 0 saturated carbocycles. The summed E-state index contributed by atoms with van der Waals surface area (Å²) in [6, 6.07) is 6.94. The fourth-order valence-corrected chi connectivity index (χ4v) is 4.10. The zero-order valence-corrected chi connectivity index (χ0v) is 11.7. The number of nitrogens with zero attached hydrogens (tertiary/aromatic N) is 3. The van der Waals surface area contributed by atoms with Crippen molar-refractivity contribution in [2.45, 2.75) is 11.3 Å². The molecule has 0 amide bonds. The third-order valence-electron chi connectivity index (χ3n) is 3.60. The van der Waals surface area contributed by atoms with Gasteiger partial charge in [-0.2, -0.15) is 0 Å². The van der Waals surface area contributed by atoms with Crippen LogP contribution in [0, 0.1) is 0 Å². The second-order valence-corrected chi connectivity index (χ2v) is 6.82. The Balaban J connectivity index is 1.95. The Bertz CT molecular complexity index is 625. The van der Waals surface area contributed by atoms with Crippen molar-refractivity contribution in [3.8, 4) is 0 Å². The van der Waals surface area contributed by atoms with Crippen molar-refractivity contribution in [3.05, 3.63) is 24.3 Å². The molecule has 2 aliphatic heterocycles. The van der Waals surface area contributed by atoms with Gasteiger partial charge in [-0.05, 0) is 32.1 Å². The van der Waals surface area contributed by atoms with Gasteiger partial charge in [0.1, 0.15) is 4.90 Å². The normalized spacial score (nSPS) is 22.8. The second-order valence-electron chi connectivity index (χ2n) is 5.01. The first-order chi connectivity index (χ1) is 9.09. The van der Waals surface area contributed by atoms with Crippen LogP contribution in [0.4, 0.5) is 5.69 Å². The highest BCUT2D eigenvalue weighted by molar-refractivity contribution is 8.06. The number of sulfone groups is 1. The SMILES string of the molecule is CN1CCCN(C2=Nc3ccccc3S2(=O)=O)CC1. The monoisotopic (exact) mass is 279 g/mol. The summed E-state index contributed by atoms with van der Waals surface area (Å²) >= 11 is 0. The second kappa shape index (κ2) is 4.61. The molecule has 1 fully saturated rings. The van der Waals surface area contributed by atoms with Crippen molar-refractivity contribution in [3.63, 3.8) is 0 Å². The van der Waals surface area contributed by atoms with Gasteiger partial charge in [0.2, 0.25) is 15.0 Å². The molecule has 1 aromatic rings. The minimum absolute atomic E-state index is 0.226. The van der Waals surface area contributed by atoms with Crippen molar-refractivity contribution >= 4 is 20.7 Å². The Kier molecular flexibility index (Phi) is 3.06. The lowest BCUT2D eigenvalue weighted by molar-refractivity contribution is 0.347. The number of aliphatic imine (C=N–C) groups is 1. The van der Waals surface area contributed by atoms with Crippen LogP contribution in [0.2, 0.25) is 0 Å². The van der Waals surface area contributed by atoms with E-state index in [1.54, 1.807) is 18.2 Å². The molecule has 5 nitrogen and oxygen atoms in total. The van der Waals surface area contributed by atoms with E-state index in [4.69, 9.17) is 0 Å². The smallest absolute Gasteiger partial charge is 0.241 e. The van der Waals surface area contributed by atoms with Crippen LogP contribution in [-0.4, -0.2) is 56.6 Å². The van der Waals surface area contributed by atoms with Crippen LogP contribution in [-0.2, 0) is 9.84 Å². The van der Waals surface area contributed by atoms with E-state index in [-0.39, 0.29) is 5.17 Å². The van der Waals surface area contributed by atoms with Gasteiger partial charge in [0, 0.05) is 19.6 Å². The van der Waals surface area contributed by atoms with Crippen molar-refractivity contribution in [2.75, 3.05) is 33.2 Å². The molecule has 6 heteroatoms. The average Bonchev–Trinajstić information content (AvgIpc) is 2.53. The molecule has 19 heavy (non-hydrogen) atoms. The minimum atomic E-state index is -3.42. The third-order valence-corrected chi connectivity index (χ3v) is 5.36. The predicted molar refractivity (Wildman–Crippen MR) is 74.4 cm³/mol. The standard InChI is InChI=1S/C13H17N3O2S/c1-15-7-4-8-16(10-9-15)13-14-11-5-2-3-6-12(11)19(13,17)18/h2-3,5-6H,4,7-10H2,1H3. The molecular weight excluding hydrogens is 262 g/mol. The number of hydrogen-bond acceptors (Lipinski definition) is 5. The third kappa shape index (κ3) is 2.15. The Morgan fingerprint density at radius 1 is 1.11 bits per heavy atom. The Morgan fingerprint density at radius 3 is 2.68 bits per heavy atom. The van der Waals surface area contributed by atoms with E-state index in [1.165, 1.54) is 0 Å². The van der Waals surface area contributed by atoms with Crippen molar-refractivity contribution in [2.24, 2.45) is 4.99 Å². The molecule has 0 N–H and O–H groups in total. The summed E-state index contributed by atoms with van der Waals surface area (Å²) in [5.41, 5.74) is 0.565. The first-order valence-corrected chi connectivity index (χ1v) is 7.94. The molecular formula is C13H17N3O2S. The number of amidine groups is 1. The van der Waals surface area contributed by atoms with Crippen LogP contribution in [0.3, 0.4) is 0 Å². The number of likely N-dealkylation sites (N-methyl/N-ethyl adjacent to an activating group) is 1. The molecule has 0 bridgehead atoms. The summed E-state index contributed by atoms with van der Waals surface area (Å²) in [5, 5.41) is 0.226. The molecule has 2 heterocycles. The van der Waals surface area contributed by atoms with E-state index >= 15 is 0 Å². The molecule has 0 radical (unpaired) electrons. The van der Waals surface area contributed by atoms with Gasteiger partial charge in [0.25, 0.3) is 0 Å². The number of hydrogen-bond donors (Lipinski definition) is 0. The molecule has 0 aliphatic carbocycles. The van der Waals surface area contributed by atoms with E-state index in [9.17, 15) is 8.42 Å². The lowest BCUT2D eigenvalue weighted by Gasteiger charge is -2.21. The highest BCUT2D eigenvalue weighted by Crippen LogP contribution is 2.33. The zero-order chi connectivity index (χ0) is 13.5. The van der Waals surface area contributed by atoms with Crippen LogP contribution in [0.1, 0.15) is 6.42 Å². The number of benzene rings is 1. The van der Waals surface area contributed by atoms with Gasteiger partial charge in [-0.15, -0.1) is 0 Å². The van der Waals surface area contributed by atoms with Crippen LogP contribution in [0.25, 0.3) is 0 Å². The summed E-state index contributed by atoms with van der Waals surface area (Å²) in [4.78, 5) is 8.79. The lowest BCUT2D eigenvalue weighted by atomic mass is 10.3. The molecule has 1 saturated heterocycles. The van der Waals surface area contributed by atoms with Gasteiger partial charge in [-0.3, -0.25) is 0 Å². The maximum absolute atomic E-state index is 12.5. The van der Waals surface area contributed by atoms with Gasteiger partial charge in [0.05, 0.1) is 5.69 Å². The highest BCUT2D eigenvalue weighted by Gasteiger charge is 2.35. The highest BCUT2D eigenvalue weighted by atomic mass is 32.2. The van der Waals surface area contributed by atoms with Crippen molar-refractivity contribution in [1.29, 1.82) is 0 Å². The Hall–Kier alpha value is -1.40. The zero-order valence-electron chi connectivity index (χ0n) is 10.9. The van der Waals surface area contributed by atoms with Crippen LogP contribution < -0.4 is 0 Å². The summed E-state index contributed by atoms with van der Waals surface area (Å²) in [5.74, 6) is 0. The fraction of sp³-hybridized carbons (Fsp3) is 0.462. The number of fused-ring (bicyclic) bond motifs is 1.